The Morgan fingerprint density at radius 3 is 2.26 bits per heavy atom. The Hall–Kier alpha value is -0.870. The van der Waals surface area contributed by atoms with Crippen LogP contribution in [0.4, 0.5) is 0 Å². The maximum Gasteiger partial charge on any atom is 0.332 e. The third kappa shape index (κ3) is 4.05. The first-order chi connectivity index (χ1) is 8.50. The number of esters is 1. The van der Waals surface area contributed by atoms with Crippen molar-refractivity contribution in [2.24, 2.45) is 0 Å². The zero-order valence-corrected chi connectivity index (χ0v) is 12.8. The lowest BCUT2D eigenvalue weighted by Crippen LogP contribution is -2.62. The molecule has 1 atom stereocenters. The molecule has 1 saturated heterocycles. The summed E-state index contributed by atoms with van der Waals surface area (Å²) in [6.07, 6.45) is 4.38. The zero-order chi connectivity index (χ0) is 14.9. The maximum atomic E-state index is 11.3. The topological polar surface area (TPSA) is 49.8 Å². The summed E-state index contributed by atoms with van der Waals surface area (Å²) in [5.41, 5.74) is -0.0430. The van der Waals surface area contributed by atoms with Crippen LogP contribution in [0.25, 0.3) is 0 Å². The quantitative estimate of drug-likeness (QED) is 0.484. The highest BCUT2D eigenvalue weighted by Crippen LogP contribution is 2.39. The van der Waals surface area contributed by atoms with Gasteiger partial charge in [0.15, 0.2) is 0 Å². The van der Waals surface area contributed by atoms with E-state index in [0.717, 1.165) is 18.9 Å². The van der Waals surface area contributed by atoms with Gasteiger partial charge in [-0.05, 0) is 47.0 Å². The molecule has 4 nitrogen and oxygen atoms in total. The molecule has 1 aliphatic rings. The third-order valence-corrected chi connectivity index (χ3v) is 3.98. The largest absolute Gasteiger partial charge is 0.429 e. The molecule has 110 valence electrons. The number of hydrogen-bond acceptors (Lipinski definition) is 4. The van der Waals surface area contributed by atoms with Crippen molar-refractivity contribution in [2.75, 3.05) is 6.54 Å². The molecule has 0 saturated carbocycles. The molecule has 1 N–H and O–H groups in total. The fourth-order valence-corrected chi connectivity index (χ4v) is 3.05. The van der Waals surface area contributed by atoms with Gasteiger partial charge in [0.1, 0.15) is 0 Å². The molecule has 0 aromatic carbocycles. The van der Waals surface area contributed by atoms with Crippen molar-refractivity contribution in [3.05, 3.63) is 12.7 Å². The van der Waals surface area contributed by atoms with Crippen LogP contribution in [0, 0.1) is 0 Å². The fourth-order valence-electron chi connectivity index (χ4n) is 3.05. The van der Waals surface area contributed by atoms with Crippen LogP contribution >= 0.6 is 0 Å². The molecular weight excluding hydrogens is 242 g/mol. The molecule has 0 spiro atoms. The molecule has 0 bridgehead atoms. The van der Waals surface area contributed by atoms with E-state index in [1.54, 1.807) is 0 Å². The van der Waals surface area contributed by atoms with E-state index < -0.39 is 11.8 Å². The second kappa shape index (κ2) is 5.25. The van der Waals surface area contributed by atoms with E-state index in [1.807, 2.05) is 0 Å². The van der Waals surface area contributed by atoms with Crippen molar-refractivity contribution in [1.82, 2.24) is 4.90 Å². The number of hydrogen-bond donors (Lipinski definition) is 1. The van der Waals surface area contributed by atoms with Gasteiger partial charge in [-0.3, -0.25) is 4.90 Å². The summed E-state index contributed by atoms with van der Waals surface area (Å²) in [7, 11) is 0. The monoisotopic (exact) mass is 269 g/mol. The van der Waals surface area contributed by atoms with Crippen molar-refractivity contribution in [1.29, 1.82) is 0 Å². The van der Waals surface area contributed by atoms with Crippen LogP contribution in [0.15, 0.2) is 12.7 Å². The maximum absolute atomic E-state index is 11.3. The highest BCUT2D eigenvalue weighted by Gasteiger charge is 2.44. The summed E-state index contributed by atoms with van der Waals surface area (Å²) in [5.74, 6) is -2.10. The lowest BCUT2D eigenvalue weighted by molar-refractivity contribution is -0.217. The number of carbonyl (C=O) groups excluding carboxylic acids is 1. The first-order valence-electron chi connectivity index (χ1n) is 6.86. The number of ether oxygens (including phenoxy) is 1. The Morgan fingerprint density at radius 2 is 1.84 bits per heavy atom. The van der Waals surface area contributed by atoms with Gasteiger partial charge in [-0.25, -0.2) is 4.79 Å². The van der Waals surface area contributed by atoms with Gasteiger partial charge in [-0.1, -0.05) is 6.58 Å². The average Bonchev–Trinajstić information content (AvgIpc) is 2.22. The second-order valence-electron chi connectivity index (χ2n) is 6.86. The molecule has 1 heterocycles. The molecule has 1 aliphatic heterocycles. The van der Waals surface area contributed by atoms with E-state index >= 15 is 0 Å². The van der Waals surface area contributed by atoms with E-state index in [1.165, 1.54) is 13.3 Å². The van der Waals surface area contributed by atoms with Crippen LogP contribution in [0.1, 0.15) is 53.9 Å². The smallest absolute Gasteiger partial charge is 0.332 e. The van der Waals surface area contributed by atoms with Crippen LogP contribution in [-0.2, 0) is 9.53 Å². The Bertz CT molecular complexity index is 342. The summed E-state index contributed by atoms with van der Waals surface area (Å²) in [5, 5.41) is 10.3. The normalized spacial score (nSPS) is 25.4. The van der Waals surface area contributed by atoms with Gasteiger partial charge >= 0.3 is 5.97 Å². The number of nitrogens with zero attached hydrogens (tertiary/aromatic N) is 1. The number of β-amino-alcohol motifs (C(OH)–C–C–N with tert-alkyl or cyclic N) is 1. The van der Waals surface area contributed by atoms with E-state index in [9.17, 15) is 9.90 Å². The minimum Gasteiger partial charge on any atom is -0.429 e. The highest BCUT2D eigenvalue weighted by molar-refractivity contribution is 5.81. The number of rotatable bonds is 4. The van der Waals surface area contributed by atoms with Gasteiger partial charge in [-0.2, -0.15) is 0 Å². The van der Waals surface area contributed by atoms with E-state index in [-0.39, 0.29) is 11.1 Å². The average molecular weight is 269 g/mol. The molecule has 1 fully saturated rings. The Morgan fingerprint density at radius 1 is 1.37 bits per heavy atom. The van der Waals surface area contributed by atoms with Gasteiger partial charge in [-0.15, -0.1) is 0 Å². The summed E-state index contributed by atoms with van der Waals surface area (Å²) in [6.45, 7) is 13.8. The molecule has 0 aliphatic carbocycles. The van der Waals surface area contributed by atoms with Crippen LogP contribution in [0.3, 0.4) is 0 Å². The predicted octanol–water partition coefficient (Wildman–Crippen LogP) is 2.47. The van der Waals surface area contributed by atoms with Crippen LogP contribution < -0.4 is 0 Å². The van der Waals surface area contributed by atoms with Crippen LogP contribution in [-0.4, -0.2) is 39.4 Å². The standard InChI is InChI=1S/C15H27NO3/c1-7-12(17)19-15(6,18)11-16-13(2,3)9-8-10-14(16,4)5/h7,18H,1,8-11H2,2-6H3. The first-order valence-corrected chi connectivity index (χ1v) is 6.86. The minimum absolute atomic E-state index is 0.0215. The van der Waals surface area contributed by atoms with Crippen LogP contribution in [0.2, 0.25) is 0 Å². The number of likely N-dealkylation sites (tertiary alicyclic amines) is 1. The zero-order valence-electron chi connectivity index (χ0n) is 12.8. The molecule has 4 heteroatoms. The Balaban J connectivity index is 2.87. The van der Waals surface area contributed by atoms with Crippen LogP contribution in [0.5, 0.6) is 0 Å². The van der Waals surface area contributed by atoms with Gasteiger partial charge in [0.2, 0.25) is 5.79 Å². The van der Waals surface area contributed by atoms with Gasteiger partial charge in [0.05, 0.1) is 6.54 Å². The molecule has 0 radical (unpaired) electrons. The minimum atomic E-state index is -1.50. The SMILES string of the molecule is C=CC(=O)OC(C)(O)CN1C(C)(C)CCCC1(C)C. The van der Waals surface area contributed by atoms with E-state index in [4.69, 9.17) is 4.74 Å². The molecule has 1 rings (SSSR count). The third-order valence-electron chi connectivity index (χ3n) is 3.98. The van der Waals surface area contributed by atoms with E-state index in [0.29, 0.717) is 6.54 Å². The molecule has 19 heavy (non-hydrogen) atoms. The fraction of sp³-hybridized carbons (Fsp3) is 0.800. The second-order valence-corrected chi connectivity index (χ2v) is 6.86. The van der Waals surface area contributed by atoms with E-state index in [2.05, 4.69) is 39.2 Å². The number of aliphatic hydroxyl groups is 1. The van der Waals surface area contributed by atoms with Crippen molar-refractivity contribution in [2.45, 2.75) is 70.7 Å². The van der Waals surface area contributed by atoms with Crippen molar-refractivity contribution < 1.29 is 14.6 Å². The lowest BCUT2D eigenvalue weighted by atomic mass is 9.79. The molecule has 0 amide bonds. The van der Waals surface area contributed by atoms with Crippen molar-refractivity contribution in [3.8, 4) is 0 Å². The summed E-state index contributed by atoms with van der Waals surface area (Å²) < 4.78 is 5.03. The summed E-state index contributed by atoms with van der Waals surface area (Å²) >= 11 is 0. The molecule has 1 unspecified atom stereocenters. The van der Waals surface area contributed by atoms with Gasteiger partial charge in [0, 0.05) is 24.1 Å². The molecule has 0 aromatic rings. The molecular formula is C15H27NO3. The lowest BCUT2D eigenvalue weighted by Gasteiger charge is -2.54. The van der Waals surface area contributed by atoms with Crippen molar-refractivity contribution >= 4 is 5.97 Å². The van der Waals surface area contributed by atoms with Crippen molar-refractivity contribution in [3.63, 3.8) is 0 Å². The van der Waals surface area contributed by atoms with Gasteiger partial charge < -0.3 is 9.84 Å². The Kier molecular flexibility index (Phi) is 4.47. The number of piperidine rings is 1. The summed E-state index contributed by atoms with van der Waals surface area (Å²) in [6, 6.07) is 0. The summed E-state index contributed by atoms with van der Waals surface area (Å²) in [4.78, 5) is 13.5. The van der Waals surface area contributed by atoms with Gasteiger partial charge in [0.25, 0.3) is 0 Å². The first kappa shape index (κ1) is 16.2. The highest BCUT2D eigenvalue weighted by atomic mass is 16.7. The Labute approximate surface area is 116 Å². The predicted molar refractivity (Wildman–Crippen MR) is 75.6 cm³/mol. The molecule has 0 aromatic heterocycles. The number of carbonyl (C=O) groups is 1.